The number of benzene rings is 1. The van der Waals surface area contributed by atoms with E-state index in [0.29, 0.717) is 17.3 Å². The summed E-state index contributed by atoms with van der Waals surface area (Å²) >= 11 is 5.72. The molecule has 0 aliphatic rings. The van der Waals surface area contributed by atoms with E-state index in [9.17, 15) is 4.79 Å². The third-order valence-electron chi connectivity index (χ3n) is 1.75. The Labute approximate surface area is 87.8 Å². The lowest BCUT2D eigenvalue weighted by Gasteiger charge is -2.05. The van der Waals surface area contributed by atoms with Crippen LogP contribution in [0.1, 0.15) is 12.5 Å². The zero-order valence-electron chi connectivity index (χ0n) is 7.92. The number of nitrogen functional groups attached to an aromatic ring is 1. The van der Waals surface area contributed by atoms with Crippen molar-refractivity contribution in [2.75, 3.05) is 12.3 Å². The normalized spacial score (nSPS) is 9.86. The van der Waals surface area contributed by atoms with Gasteiger partial charge in [-0.15, -0.1) is 0 Å². The van der Waals surface area contributed by atoms with Crippen molar-refractivity contribution in [3.05, 3.63) is 28.8 Å². The SMILES string of the molecule is CCOC(=O)Cc1ccc(Cl)cc1N. The van der Waals surface area contributed by atoms with Gasteiger partial charge in [0, 0.05) is 10.7 Å². The highest BCUT2D eigenvalue weighted by Gasteiger charge is 2.06. The Morgan fingerprint density at radius 3 is 2.86 bits per heavy atom. The molecule has 0 amide bonds. The average molecular weight is 214 g/mol. The number of esters is 1. The van der Waals surface area contributed by atoms with Gasteiger partial charge in [0.25, 0.3) is 0 Å². The Balaban J connectivity index is 2.72. The molecule has 0 aromatic heterocycles. The molecule has 14 heavy (non-hydrogen) atoms. The molecule has 0 spiro atoms. The van der Waals surface area contributed by atoms with E-state index in [0.717, 1.165) is 5.56 Å². The Bertz CT molecular complexity index is 339. The summed E-state index contributed by atoms with van der Waals surface area (Å²) in [7, 11) is 0. The lowest BCUT2D eigenvalue weighted by molar-refractivity contribution is -0.142. The van der Waals surface area contributed by atoms with Crippen molar-refractivity contribution in [3.8, 4) is 0 Å². The maximum absolute atomic E-state index is 11.1. The van der Waals surface area contributed by atoms with Crippen LogP contribution in [0.5, 0.6) is 0 Å². The van der Waals surface area contributed by atoms with Gasteiger partial charge in [-0.2, -0.15) is 0 Å². The molecule has 1 rings (SSSR count). The van der Waals surface area contributed by atoms with Gasteiger partial charge >= 0.3 is 5.97 Å². The predicted molar refractivity (Wildman–Crippen MR) is 56.2 cm³/mol. The molecule has 0 atom stereocenters. The summed E-state index contributed by atoms with van der Waals surface area (Å²) in [5.41, 5.74) is 6.94. The van der Waals surface area contributed by atoms with E-state index >= 15 is 0 Å². The molecule has 0 aliphatic carbocycles. The van der Waals surface area contributed by atoms with Gasteiger partial charge in [0.1, 0.15) is 0 Å². The molecule has 0 bridgehead atoms. The number of carbonyl (C=O) groups excluding carboxylic acids is 1. The molecular weight excluding hydrogens is 202 g/mol. The Morgan fingerprint density at radius 1 is 1.57 bits per heavy atom. The van der Waals surface area contributed by atoms with Crippen molar-refractivity contribution in [3.63, 3.8) is 0 Å². The van der Waals surface area contributed by atoms with Crippen LogP contribution in [0.25, 0.3) is 0 Å². The van der Waals surface area contributed by atoms with Crippen molar-refractivity contribution in [2.24, 2.45) is 0 Å². The predicted octanol–water partition coefficient (Wildman–Crippen LogP) is 2.03. The number of ether oxygens (including phenoxy) is 1. The molecule has 0 radical (unpaired) electrons. The fraction of sp³-hybridized carbons (Fsp3) is 0.300. The number of halogens is 1. The van der Waals surface area contributed by atoms with E-state index in [1.54, 1.807) is 25.1 Å². The molecule has 2 N–H and O–H groups in total. The van der Waals surface area contributed by atoms with Gasteiger partial charge in [0.15, 0.2) is 0 Å². The second-order valence-corrected chi connectivity index (χ2v) is 3.26. The summed E-state index contributed by atoms with van der Waals surface area (Å²) in [6.45, 7) is 2.15. The molecule has 0 saturated heterocycles. The lowest BCUT2D eigenvalue weighted by Crippen LogP contribution is -2.09. The average Bonchev–Trinajstić information content (AvgIpc) is 2.10. The molecule has 3 nitrogen and oxygen atoms in total. The molecule has 0 fully saturated rings. The lowest BCUT2D eigenvalue weighted by atomic mass is 10.1. The molecule has 1 aromatic carbocycles. The monoisotopic (exact) mass is 213 g/mol. The summed E-state index contributed by atoms with van der Waals surface area (Å²) in [5, 5.41) is 0.565. The summed E-state index contributed by atoms with van der Waals surface area (Å²) in [6.07, 6.45) is 0.191. The van der Waals surface area contributed by atoms with Gasteiger partial charge in [-0.3, -0.25) is 4.79 Å². The molecule has 1 aromatic rings. The van der Waals surface area contributed by atoms with Crippen LogP contribution in [-0.4, -0.2) is 12.6 Å². The van der Waals surface area contributed by atoms with E-state index in [4.69, 9.17) is 22.1 Å². The van der Waals surface area contributed by atoms with Crippen LogP contribution in [0, 0.1) is 0 Å². The fourth-order valence-corrected chi connectivity index (χ4v) is 1.27. The van der Waals surface area contributed by atoms with Crippen LogP contribution in [0.15, 0.2) is 18.2 Å². The molecular formula is C10H12ClNO2. The largest absolute Gasteiger partial charge is 0.466 e. The Kier molecular flexibility index (Phi) is 3.77. The topological polar surface area (TPSA) is 52.3 Å². The molecule has 0 saturated carbocycles. The number of nitrogens with two attached hydrogens (primary N) is 1. The quantitative estimate of drug-likeness (QED) is 0.618. The van der Waals surface area contributed by atoms with Crippen LogP contribution >= 0.6 is 11.6 Å². The molecule has 0 unspecified atom stereocenters. The smallest absolute Gasteiger partial charge is 0.310 e. The van der Waals surface area contributed by atoms with Gasteiger partial charge in [0.05, 0.1) is 13.0 Å². The Hall–Kier alpha value is -1.22. The highest BCUT2D eigenvalue weighted by atomic mass is 35.5. The number of rotatable bonds is 3. The maximum Gasteiger partial charge on any atom is 0.310 e. The van der Waals surface area contributed by atoms with Gasteiger partial charge in [-0.05, 0) is 24.6 Å². The molecule has 0 aliphatic heterocycles. The third kappa shape index (κ3) is 2.92. The van der Waals surface area contributed by atoms with Crippen LogP contribution < -0.4 is 5.73 Å². The second-order valence-electron chi connectivity index (χ2n) is 2.82. The highest BCUT2D eigenvalue weighted by Crippen LogP contribution is 2.18. The minimum absolute atomic E-state index is 0.191. The number of hydrogen-bond donors (Lipinski definition) is 1. The third-order valence-corrected chi connectivity index (χ3v) is 1.98. The number of anilines is 1. The van der Waals surface area contributed by atoms with E-state index in [1.165, 1.54) is 0 Å². The first-order valence-electron chi connectivity index (χ1n) is 4.33. The van der Waals surface area contributed by atoms with Gasteiger partial charge < -0.3 is 10.5 Å². The van der Waals surface area contributed by atoms with Gasteiger partial charge in [-0.1, -0.05) is 17.7 Å². The summed E-state index contributed by atoms with van der Waals surface area (Å²) in [6, 6.07) is 5.05. The van der Waals surface area contributed by atoms with Crippen LogP contribution in [0.2, 0.25) is 5.02 Å². The van der Waals surface area contributed by atoms with Crippen LogP contribution in [0.3, 0.4) is 0 Å². The zero-order chi connectivity index (χ0) is 10.6. The standard InChI is InChI=1S/C10H12ClNO2/c1-2-14-10(13)5-7-3-4-8(11)6-9(7)12/h3-4,6H,2,5,12H2,1H3. The van der Waals surface area contributed by atoms with Gasteiger partial charge in [0.2, 0.25) is 0 Å². The highest BCUT2D eigenvalue weighted by molar-refractivity contribution is 6.30. The number of carbonyl (C=O) groups is 1. The first-order chi connectivity index (χ1) is 6.63. The van der Waals surface area contributed by atoms with Crippen molar-refractivity contribution < 1.29 is 9.53 Å². The summed E-state index contributed by atoms with van der Waals surface area (Å²) in [4.78, 5) is 11.1. The maximum atomic E-state index is 11.1. The van der Waals surface area contributed by atoms with Crippen molar-refractivity contribution in [1.82, 2.24) is 0 Å². The minimum Gasteiger partial charge on any atom is -0.466 e. The molecule has 0 heterocycles. The molecule has 76 valence electrons. The van der Waals surface area contributed by atoms with Crippen molar-refractivity contribution >= 4 is 23.3 Å². The van der Waals surface area contributed by atoms with E-state index in [-0.39, 0.29) is 12.4 Å². The van der Waals surface area contributed by atoms with Crippen molar-refractivity contribution in [2.45, 2.75) is 13.3 Å². The van der Waals surface area contributed by atoms with Crippen LogP contribution in [-0.2, 0) is 16.0 Å². The zero-order valence-corrected chi connectivity index (χ0v) is 8.67. The van der Waals surface area contributed by atoms with Crippen molar-refractivity contribution in [1.29, 1.82) is 0 Å². The van der Waals surface area contributed by atoms with Gasteiger partial charge in [-0.25, -0.2) is 0 Å². The number of hydrogen-bond acceptors (Lipinski definition) is 3. The summed E-state index contributed by atoms with van der Waals surface area (Å²) < 4.78 is 4.80. The molecule has 4 heteroatoms. The second kappa shape index (κ2) is 4.86. The first-order valence-corrected chi connectivity index (χ1v) is 4.70. The van der Waals surface area contributed by atoms with Crippen LogP contribution in [0.4, 0.5) is 5.69 Å². The van der Waals surface area contributed by atoms with E-state index in [1.807, 2.05) is 0 Å². The summed E-state index contributed by atoms with van der Waals surface area (Å²) in [5.74, 6) is -0.276. The van der Waals surface area contributed by atoms with E-state index < -0.39 is 0 Å². The Morgan fingerprint density at radius 2 is 2.29 bits per heavy atom. The minimum atomic E-state index is -0.276. The fourth-order valence-electron chi connectivity index (χ4n) is 1.09. The first kappa shape index (κ1) is 10.9. The van der Waals surface area contributed by atoms with E-state index in [2.05, 4.69) is 0 Å².